The molecule has 1 aliphatic heterocycles. The number of likely N-dealkylation sites (tertiary alicyclic amines) is 1. The molecule has 0 aromatic carbocycles. The van der Waals surface area contributed by atoms with Gasteiger partial charge in [0.25, 0.3) is 0 Å². The van der Waals surface area contributed by atoms with E-state index in [9.17, 15) is 0 Å². The summed E-state index contributed by atoms with van der Waals surface area (Å²) >= 11 is 0. The van der Waals surface area contributed by atoms with Gasteiger partial charge in [-0.2, -0.15) is 4.52 Å². The largest absolute Gasteiger partial charge is 0.301 e. The molecule has 5 heteroatoms. The fraction of sp³-hybridized carbons (Fsp3) is 0.643. The summed E-state index contributed by atoms with van der Waals surface area (Å²) in [6.45, 7) is 8.79. The van der Waals surface area contributed by atoms with Crippen LogP contribution in [0.4, 0.5) is 0 Å². The topological polar surface area (TPSA) is 46.3 Å². The van der Waals surface area contributed by atoms with Crippen LogP contribution < -0.4 is 0 Å². The molecular formula is C14H21N5. The van der Waals surface area contributed by atoms with Crippen molar-refractivity contribution in [3.63, 3.8) is 0 Å². The second-order valence-electron chi connectivity index (χ2n) is 5.64. The van der Waals surface area contributed by atoms with Crippen LogP contribution >= 0.6 is 0 Å². The van der Waals surface area contributed by atoms with Gasteiger partial charge in [0.15, 0.2) is 11.5 Å². The van der Waals surface area contributed by atoms with Gasteiger partial charge in [0.1, 0.15) is 5.82 Å². The summed E-state index contributed by atoms with van der Waals surface area (Å²) in [4.78, 5) is 11.4. The normalized spacial score (nSPS) is 18.5. The minimum atomic E-state index is 0.495. The summed E-state index contributed by atoms with van der Waals surface area (Å²) in [6, 6.07) is 2.56. The molecule has 1 aliphatic rings. The van der Waals surface area contributed by atoms with E-state index < -0.39 is 0 Å². The van der Waals surface area contributed by atoms with Gasteiger partial charge >= 0.3 is 0 Å². The van der Waals surface area contributed by atoms with E-state index in [0.29, 0.717) is 12.0 Å². The number of aryl methyl sites for hydroxylation is 1. The summed E-state index contributed by atoms with van der Waals surface area (Å²) in [5, 5.41) is 4.63. The SMILES string of the molecule is Cc1nccc2nc(C3CCN(C(C)C)CC3)nn12. The van der Waals surface area contributed by atoms with Gasteiger partial charge in [0.2, 0.25) is 0 Å². The molecule has 102 valence electrons. The molecule has 2 aromatic rings. The summed E-state index contributed by atoms with van der Waals surface area (Å²) < 4.78 is 1.85. The van der Waals surface area contributed by atoms with Crippen molar-refractivity contribution in [1.82, 2.24) is 24.5 Å². The molecule has 0 spiro atoms. The Morgan fingerprint density at radius 1 is 1.26 bits per heavy atom. The Bertz CT molecular complexity index is 566. The number of hydrogen-bond acceptors (Lipinski definition) is 4. The van der Waals surface area contributed by atoms with Crippen molar-refractivity contribution in [1.29, 1.82) is 0 Å². The number of hydrogen-bond donors (Lipinski definition) is 0. The average molecular weight is 259 g/mol. The molecular weight excluding hydrogens is 238 g/mol. The second kappa shape index (κ2) is 4.89. The van der Waals surface area contributed by atoms with E-state index in [4.69, 9.17) is 0 Å². The third kappa shape index (κ3) is 2.34. The number of rotatable bonds is 2. The maximum absolute atomic E-state index is 4.66. The summed E-state index contributed by atoms with van der Waals surface area (Å²) in [5.74, 6) is 2.38. The predicted molar refractivity (Wildman–Crippen MR) is 74.2 cm³/mol. The van der Waals surface area contributed by atoms with Gasteiger partial charge in [0.05, 0.1) is 0 Å². The first kappa shape index (κ1) is 12.5. The fourth-order valence-corrected chi connectivity index (χ4v) is 2.80. The molecule has 0 N–H and O–H groups in total. The molecule has 1 saturated heterocycles. The van der Waals surface area contributed by atoms with Crippen molar-refractivity contribution in [2.24, 2.45) is 0 Å². The summed E-state index contributed by atoms with van der Waals surface area (Å²) in [7, 11) is 0. The minimum absolute atomic E-state index is 0.495. The average Bonchev–Trinajstić information content (AvgIpc) is 2.84. The van der Waals surface area contributed by atoms with Crippen molar-refractivity contribution < 1.29 is 0 Å². The molecule has 0 saturated carbocycles. The molecule has 0 unspecified atom stereocenters. The van der Waals surface area contributed by atoms with Gasteiger partial charge in [-0.25, -0.2) is 9.97 Å². The predicted octanol–water partition coefficient (Wildman–Crippen LogP) is 2.02. The summed E-state index contributed by atoms with van der Waals surface area (Å²) in [5.41, 5.74) is 0.911. The quantitative estimate of drug-likeness (QED) is 0.828. The molecule has 5 nitrogen and oxygen atoms in total. The molecule has 0 radical (unpaired) electrons. The molecule has 19 heavy (non-hydrogen) atoms. The van der Waals surface area contributed by atoms with Gasteiger partial charge in [0, 0.05) is 24.2 Å². The Balaban J connectivity index is 1.80. The van der Waals surface area contributed by atoms with E-state index in [2.05, 4.69) is 33.8 Å². The van der Waals surface area contributed by atoms with Crippen LogP contribution in [0.3, 0.4) is 0 Å². The Hall–Kier alpha value is -1.49. The fourth-order valence-electron chi connectivity index (χ4n) is 2.80. The van der Waals surface area contributed by atoms with E-state index in [-0.39, 0.29) is 0 Å². The van der Waals surface area contributed by atoms with Crippen LogP contribution in [0.15, 0.2) is 12.3 Å². The van der Waals surface area contributed by atoms with Crippen LogP contribution in [0.5, 0.6) is 0 Å². The maximum atomic E-state index is 4.66. The highest BCUT2D eigenvalue weighted by molar-refractivity contribution is 5.36. The highest BCUT2D eigenvalue weighted by Gasteiger charge is 2.25. The molecule has 0 aliphatic carbocycles. The first-order valence-electron chi connectivity index (χ1n) is 7.07. The van der Waals surface area contributed by atoms with Crippen molar-refractivity contribution in [3.05, 3.63) is 23.9 Å². The first-order chi connectivity index (χ1) is 9.15. The van der Waals surface area contributed by atoms with Gasteiger partial charge in [-0.3, -0.25) is 0 Å². The van der Waals surface area contributed by atoms with Crippen molar-refractivity contribution in [2.45, 2.75) is 45.6 Å². The standard InChI is InChI=1S/C14H21N5/c1-10(2)18-8-5-12(6-9-18)14-16-13-4-7-15-11(3)19(13)17-14/h4,7,10,12H,5-6,8-9H2,1-3H3. The van der Waals surface area contributed by atoms with Crippen molar-refractivity contribution in [3.8, 4) is 0 Å². The van der Waals surface area contributed by atoms with E-state index in [1.54, 1.807) is 6.20 Å². The first-order valence-corrected chi connectivity index (χ1v) is 7.07. The maximum Gasteiger partial charge on any atom is 0.159 e. The van der Waals surface area contributed by atoms with E-state index >= 15 is 0 Å². The number of piperidine rings is 1. The third-order valence-corrected chi connectivity index (χ3v) is 4.07. The van der Waals surface area contributed by atoms with Crippen LogP contribution in [0.25, 0.3) is 5.65 Å². The third-order valence-electron chi connectivity index (χ3n) is 4.07. The molecule has 0 atom stereocenters. The van der Waals surface area contributed by atoms with Crippen LogP contribution in [0, 0.1) is 6.92 Å². The second-order valence-corrected chi connectivity index (χ2v) is 5.64. The zero-order chi connectivity index (χ0) is 13.4. The molecule has 0 bridgehead atoms. The van der Waals surface area contributed by atoms with Gasteiger partial charge in [-0.05, 0) is 46.7 Å². The smallest absolute Gasteiger partial charge is 0.159 e. The monoisotopic (exact) mass is 259 g/mol. The van der Waals surface area contributed by atoms with Gasteiger partial charge in [-0.15, -0.1) is 5.10 Å². The van der Waals surface area contributed by atoms with E-state index in [1.807, 2.05) is 17.5 Å². The van der Waals surface area contributed by atoms with Gasteiger partial charge < -0.3 is 4.90 Å². The minimum Gasteiger partial charge on any atom is -0.301 e. The number of nitrogens with zero attached hydrogens (tertiary/aromatic N) is 5. The Morgan fingerprint density at radius 3 is 2.63 bits per heavy atom. The lowest BCUT2D eigenvalue weighted by Crippen LogP contribution is -2.38. The molecule has 3 rings (SSSR count). The number of aromatic nitrogens is 4. The summed E-state index contributed by atoms with van der Waals surface area (Å²) in [6.07, 6.45) is 4.10. The molecule has 0 amide bonds. The van der Waals surface area contributed by atoms with E-state index in [1.165, 1.54) is 0 Å². The zero-order valence-electron chi connectivity index (χ0n) is 11.9. The van der Waals surface area contributed by atoms with E-state index in [0.717, 1.165) is 43.2 Å². The van der Waals surface area contributed by atoms with Crippen molar-refractivity contribution >= 4 is 5.65 Å². The highest BCUT2D eigenvalue weighted by atomic mass is 15.3. The van der Waals surface area contributed by atoms with Gasteiger partial charge in [-0.1, -0.05) is 0 Å². The zero-order valence-corrected chi connectivity index (χ0v) is 11.9. The van der Waals surface area contributed by atoms with Crippen LogP contribution in [0.1, 0.15) is 44.3 Å². The Morgan fingerprint density at radius 2 is 2.00 bits per heavy atom. The Kier molecular flexibility index (Phi) is 3.22. The van der Waals surface area contributed by atoms with Crippen LogP contribution in [-0.4, -0.2) is 43.6 Å². The van der Waals surface area contributed by atoms with Crippen molar-refractivity contribution in [2.75, 3.05) is 13.1 Å². The lowest BCUT2D eigenvalue weighted by atomic mass is 9.95. The Labute approximate surface area is 113 Å². The molecule has 2 aromatic heterocycles. The molecule has 3 heterocycles. The van der Waals surface area contributed by atoms with Crippen LogP contribution in [0.2, 0.25) is 0 Å². The molecule has 1 fully saturated rings. The lowest BCUT2D eigenvalue weighted by Gasteiger charge is -2.33. The highest BCUT2D eigenvalue weighted by Crippen LogP contribution is 2.26. The lowest BCUT2D eigenvalue weighted by molar-refractivity contribution is 0.169. The number of fused-ring (bicyclic) bond motifs is 1. The van der Waals surface area contributed by atoms with Crippen LogP contribution in [-0.2, 0) is 0 Å².